The molecule has 55 valence electrons. The Morgan fingerprint density at radius 1 is 1.80 bits per heavy atom. The first-order valence-corrected chi connectivity index (χ1v) is 2.96. The summed E-state index contributed by atoms with van der Waals surface area (Å²) < 4.78 is 4.54. The molecule has 10 heavy (non-hydrogen) atoms. The molecule has 0 aromatic rings. The van der Waals surface area contributed by atoms with Crippen LogP contribution in [0.5, 0.6) is 0 Å². The topological polar surface area (TPSA) is 50.1 Å². The van der Waals surface area contributed by atoms with E-state index in [4.69, 9.17) is 5.73 Å². The number of hydrogen-bond acceptors (Lipinski definition) is 2. The predicted octanol–water partition coefficient (Wildman–Crippen LogP) is 0.224. The Morgan fingerprint density at radius 2 is 2.40 bits per heavy atom. The quantitative estimate of drug-likeness (QED) is 0.407. The summed E-state index contributed by atoms with van der Waals surface area (Å²) in [5, 5.41) is 0. The summed E-state index contributed by atoms with van der Waals surface area (Å²) in [4.78, 5) is 10.5. The highest BCUT2D eigenvalue weighted by atomic mass is 16.5. The lowest BCUT2D eigenvalue weighted by Gasteiger charge is -2.00. The van der Waals surface area contributed by atoms with Gasteiger partial charge in [-0.1, -0.05) is 5.92 Å². The summed E-state index contributed by atoms with van der Waals surface area (Å²) in [5.41, 5.74) is 6.90. The van der Waals surface area contributed by atoms with Crippen molar-refractivity contribution in [3.05, 3.63) is 0 Å². The van der Waals surface area contributed by atoms with Crippen molar-refractivity contribution in [3.63, 3.8) is 0 Å². The van der Waals surface area contributed by atoms with Crippen LogP contribution in [0.1, 0.15) is 13.8 Å². The van der Waals surface area contributed by atoms with Crippen LogP contribution in [-0.4, -0.2) is 18.6 Å². The van der Waals surface area contributed by atoms with E-state index in [1.54, 1.807) is 6.92 Å². The van der Waals surface area contributed by atoms with Crippen LogP contribution in [-0.2, 0) is 9.53 Å². The first-order valence-electron chi connectivity index (χ1n) is 2.96. The van der Waals surface area contributed by atoms with Crippen molar-refractivity contribution in [1.29, 1.82) is 0 Å². The van der Waals surface area contributed by atoms with Gasteiger partial charge in [-0.2, -0.15) is 0 Å². The lowest BCUT2D eigenvalue weighted by molar-refractivity contribution is -0.143. The van der Waals surface area contributed by atoms with E-state index >= 15 is 0 Å². The molecule has 0 bridgehead atoms. The third-order valence-corrected chi connectivity index (χ3v) is 0.817. The zero-order valence-electron chi connectivity index (χ0n) is 6.10. The van der Waals surface area contributed by atoms with Gasteiger partial charge in [0.2, 0.25) is 0 Å². The van der Waals surface area contributed by atoms with Gasteiger partial charge in [0.1, 0.15) is 6.04 Å². The van der Waals surface area contributed by atoms with Crippen molar-refractivity contribution in [2.24, 2.45) is 0 Å². The minimum absolute atomic E-state index is 0.0958. The molecule has 0 aliphatic heterocycles. The van der Waals surface area contributed by atoms with Crippen molar-refractivity contribution in [2.75, 3.05) is 6.61 Å². The lowest BCUT2D eigenvalue weighted by Crippen LogP contribution is -2.20. The standard InChI is InChI=1S/C7H10NO2/c1-3-4-5-10-7(9)6(2)8/h6,8H,5H2,1-2H3. The SMILES string of the molecule is CC#CCOC(=O)C(C)[NH]. The summed E-state index contributed by atoms with van der Waals surface area (Å²) in [7, 11) is 0. The molecule has 0 spiro atoms. The van der Waals surface area contributed by atoms with Gasteiger partial charge in [0, 0.05) is 0 Å². The van der Waals surface area contributed by atoms with E-state index in [1.165, 1.54) is 6.92 Å². The number of rotatable bonds is 2. The Kier molecular flexibility index (Phi) is 4.34. The van der Waals surface area contributed by atoms with Crippen LogP contribution >= 0.6 is 0 Å². The highest BCUT2D eigenvalue weighted by molar-refractivity contribution is 5.74. The maximum atomic E-state index is 10.5. The smallest absolute Gasteiger partial charge is 0.325 e. The van der Waals surface area contributed by atoms with Crippen molar-refractivity contribution >= 4 is 5.97 Å². The zero-order valence-corrected chi connectivity index (χ0v) is 6.10. The number of nitrogens with one attached hydrogen (secondary N) is 1. The van der Waals surface area contributed by atoms with Crippen molar-refractivity contribution in [3.8, 4) is 11.8 Å². The average molecular weight is 140 g/mol. The van der Waals surface area contributed by atoms with Gasteiger partial charge in [-0.05, 0) is 13.8 Å². The molecule has 0 heterocycles. The highest BCUT2D eigenvalue weighted by Gasteiger charge is 2.07. The van der Waals surface area contributed by atoms with Gasteiger partial charge in [0.15, 0.2) is 6.61 Å². The summed E-state index contributed by atoms with van der Waals surface area (Å²) in [5.74, 6) is 4.61. The summed E-state index contributed by atoms with van der Waals surface area (Å²) >= 11 is 0. The van der Waals surface area contributed by atoms with Crippen LogP contribution < -0.4 is 5.73 Å². The fourth-order valence-corrected chi connectivity index (χ4v) is 0.304. The molecular formula is C7H10NO2. The molecule has 3 heteroatoms. The largest absolute Gasteiger partial charge is 0.451 e. The van der Waals surface area contributed by atoms with Gasteiger partial charge in [0.25, 0.3) is 0 Å². The van der Waals surface area contributed by atoms with E-state index in [0.29, 0.717) is 0 Å². The van der Waals surface area contributed by atoms with Crippen molar-refractivity contribution < 1.29 is 9.53 Å². The van der Waals surface area contributed by atoms with Crippen LogP contribution in [0.25, 0.3) is 0 Å². The Bertz CT molecular complexity index is 164. The van der Waals surface area contributed by atoms with E-state index in [1.807, 2.05) is 0 Å². The summed E-state index contributed by atoms with van der Waals surface area (Å²) in [6.07, 6.45) is 0. The van der Waals surface area contributed by atoms with Crippen LogP contribution in [0.4, 0.5) is 0 Å². The molecule has 0 saturated heterocycles. The molecule has 1 unspecified atom stereocenters. The van der Waals surface area contributed by atoms with Crippen LogP contribution in [0, 0.1) is 11.8 Å². The molecule has 0 aliphatic carbocycles. The highest BCUT2D eigenvalue weighted by Crippen LogP contribution is 1.83. The third-order valence-electron chi connectivity index (χ3n) is 0.817. The molecule has 0 aliphatic rings. The van der Waals surface area contributed by atoms with E-state index in [2.05, 4.69) is 16.6 Å². The fourth-order valence-electron chi connectivity index (χ4n) is 0.304. The second kappa shape index (κ2) is 4.83. The van der Waals surface area contributed by atoms with Gasteiger partial charge < -0.3 is 4.74 Å². The predicted molar refractivity (Wildman–Crippen MR) is 37.0 cm³/mol. The van der Waals surface area contributed by atoms with Crippen LogP contribution in [0.15, 0.2) is 0 Å². The minimum atomic E-state index is -0.807. The minimum Gasteiger partial charge on any atom is -0.451 e. The van der Waals surface area contributed by atoms with E-state index in [0.717, 1.165) is 0 Å². The second-order valence-electron chi connectivity index (χ2n) is 1.76. The maximum absolute atomic E-state index is 10.5. The van der Waals surface area contributed by atoms with Crippen LogP contribution in [0.3, 0.4) is 0 Å². The normalized spacial score (nSPS) is 11.1. The van der Waals surface area contributed by atoms with Crippen molar-refractivity contribution in [1.82, 2.24) is 5.73 Å². The Hall–Kier alpha value is -1.01. The zero-order chi connectivity index (χ0) is 7.98. The van der Waals surface area contributed by atoms with E-state index in [9.17, 15) is 4.79 Å². The van der Waals surface area contributed by atoms with Gasteiger partial charge in [-0.25, -0.2) is 5.73 Å². The molecule has 0 fully saturated rings. The Balaban J connectivity index is 3.47. The Labute approximate surface area is 60.5 Å². The number of esters is 1. The fraction of sp³-hybridized carbons (Fsp3) is 0.571. The Morgan fingerprint density at radius 3 is 2.80 bits per heavy atom. The van der Waals surface area contributed by atoms with E-state index in [-0.39, 0.29) is 6.61 Å². The van der Waals surface area contributed by atoms with Crippen molar-refractivity contribution in [2.45, 2.75) is 19.9 Å². The molecule has 0 amide bonds. The lowest BCUT2D eigenvalue weighted by atomic mass is 10.4. The molecule has 1 radical (unpaired) electrons. The maximum Gasteiger partial charge on any atom is 0.325 e. The molecular weight excluding hydrogens is 130 g/mol. The summed E-state index contributed by atoms with van der Waals surface area (Å²) in [6.45, 7) is 3.22. The monoisotopic (exact) mass is 140 g/mol. The number of carbonyl (C=O) groups excluding carboxylic acids is 1. The summed E-state index contributed by atoms with van der Waals surface area (Å²) in [6, 6.07) is -0.807. The third kappa shape index (κ3) is 3.93. The molecule has 3 nitrogen and oxygen atoms in total. The second-order valence-corrected chi connectivity index (χ2v) is 1.76. The van der Waals surface area contributed by atoms with Gasteiger partial charge in [0.05, 0.1) is 0 Å². The number of hydrogen-bond donors (Lipinski definition) is 0. The van der Waals surface area contributed by atoms with Gasteiger partial charge in [-0.15, -0.1) is 5.92 Å². The molecule has 1 atom stereocenters. The van der Waals surface area contributed by atoms with E-state index < -0.39 is 12.0 Å². The first kappa shape index (κ1) is 8.99. The van der Waals surface area contributed by atoms with Crippen LogP contribution in [0.2, 0.25) is 0 Å². The first-order chi connectivity index (χ1) is 4.68. The van der Waals surface area contributed by atoms with Gasteiger partial charge in [-0.3, -0.25) is 4.79 Å². The van der Waals surface area contributed by atoms with Gasteiger partial charge >= 0.3 is 5.97 Å². The molecule has 0 aromatic carbocycles. The average Bonchev–Trinajstić information content (AvgIpc) is 1.88. The molecule has 0 aromatic heterocycles. The number of carbonyl (C=O) groups is 1. The number of ether oxygens (including phenoxy) is 1. The molecule has 0 saturated carbocycles. The molecule has 1 N–H and O–H groups in total. The molecule has 0 rings (SSSR count).